The molecule has 3 rings (SSSR count). The molecule has 0 saturated heterocycles. The van der Waals surface area contributed by atoms with Gasteiger partial charge in [-0.15, -0.1) is 5.10 Å². The molecule has 1 aliphatic rings. The summed E-state index contributed by atoms with van der Waals surface area (Å²) in [5.41, 5.74) is 3.89. The van der Waals surface area contributed by atoms with Crippen LogP contribution < -0.4 is 10.2 Å². The van der Waals surface area contributed by atoms with E-state index in [1.807, 2.05) is 32.3 Å². The number of rotatable bonds is 1. The summed E-state index contributed by atoms with van der Waals surface area (Å²) in [6, 6.07) is 10.3. The second kappa shape index (κ2) is 4.77. The topological polar surface area (TPSA) is 41.1 Å². The Kier molecular flexibility index (Phi) is 3.17. The van der Waals surface area contributed by atoms with Gasteiger partial charge in [-0.05, 0) is 26.0 Å². The van der Waals surface area contributed by atoms with Gasteiger partial charge in [0.1, 0.15) is 5.82 Å². The molecule has 108 valence electrons. The Hall–Kier alpha value is -2.01. The summed E-state index contributed by atoms with van der Waals surface area (Å²) in [6.07, 6.45) is 0. The molecule has 4 nitrogen and oxygen atoms in total. The number of benzene rings is 1. The Labute approximate surface area is 130 Å². The molecule has 0 fully saturated rings. The zero-order valence-corrected chi connectivity index (χ0v) is 13.5. The summed E-state index contributed by atoms with van der Waals surface area (Å²) in [6.45, 7) is 4.20. The molecule has 1 aliphatic heterocycles. The number of nitrogens with zero attached hydrogens (tertiary/aromatic N) is 3. The first-order valence-corrected chi connectivity index (χ1v) is 7.31. The predicted octanol–water partition coefficient (Wildman–Crippen LogP) is 3.24. The average molecular weight is 298 g/mol. The number of anilines is 2. The smallest absolute Gasteiger partial charge is 0.149 e. The Balaban J connectivity index is 2.39. The zero-order valence-electron chi connectivity index (χ0n) is 12.6. The molecule has 0 amide bonds. The summed E-state index contributed by atoms with van der Waals surface area (Å²) in [4.78, 5) is 2.92. The number of nitrogens with one attached hydrogen (secondary N) is 1. The van der Waals surface area contributed by atoms with Crippen LogP contribution in [0.5, 0.6) is 0 Å². The third-order valence-corrected chi connectivity index (χ3v) is 4.82. The molecule has 1 N–H and O–H groups in total. The van der Waals surface area contributed by atoms with E-state index in [1.165, 1.54) is 0 Å². The lowest BCUT2D eigenvalue weighted by Crippen LogP contribution is -2.39. The van der Waals surface area contributed by atoms with Gasteiger partial charge in [0, 0.05) is 30.9 Å². The van der Waals surface area contributed by atoms with Gasteiger partial charge < -0.3 is 10.2 Å². The molecular formula is C16H18N4S. The third kappa shape index (κ3) is 2.00. The van der Waals surface area contributed by atoms with Gasteiger partial charge in [-0.2, -0.15) is 5.10 Å². The monoisotopic (exact) mass is 298 g/mol. The van der Waals surface area contributed by atoms with Crippen LogP contribution in [0, 0.1) is 0 Å². The molecule has 0 aliphatic carbocycles. The van der Waals surface area contributed by atoms with Gasteiger partial charge >= 0.3 is 0 Å². The lowest BCUT2D eigenvalue weighted by atomic mass is 9.85. The van der Waals surface area contributed by atoms with Crippen molar-refractivity contribution in [3.05, 3.63) is 36.0 Å². The molecular weight excluding hydrogens is 280 g/mol. The normalized spacial score (nSPS) is 16.0. The molecule has 0 bridgehead atoms. The van der Waals surface area contributed by atoms with E-state index in [0.717, 1.165) is 33.3 Å². The standard InChI is InChI=1S/C16H18N4S/c1-16(2)14-11(9-13(17-3)18-19-14)10-7-5-6-8-12(10)20(4)15(16)21/h5-9H,1-4H3,(H,17,18). The molecule has 0 radical (unpaired) electrons. The number of fused-ring (bicyclic) bond motifs is 3. The van der Waals surface area contributed by atoms with Gasteiger partial charge in [0.25, 0.3) is 0 Å². The van der Waals surface area contributed by atoms with Crippen LogP contribution in [0.3, 0.4) is 0 Å². The van der Waals surface area contributed by atoms with E-state index in [1.54, 1.807) is 0 Å². The number of aromatic nitrogens is 2. The molecule has 2 aromatic rings. The van der Waals surface area contributed by atoms with Gasteiger partial charge in [0.2, 0.25) is 0 Å². The highest BCUT2D eigenvalue weighted by Gasteiger charge is 2.37. The fourth-order valence-electron chi connectivity index (χ4n) is 2.80. The highest BCUT2D eigenvalue weighted by atomic mass is 32.1. The first-order chi connectivity index (χ1) is 9.96. The molecule has 1 aromatic heterocycles. The molecule has 0 spiro atoms. The van der Waals surface area contributed by atoms with Crippen molar-refractivity contribution in [2.24, 2.45) is 0 Å². The maximum Gasteiger partial charge on any atom is 0.149 e. The first kappa shape index (κ1) is 13.9. The van der Waals surface area contributed by atoms with Crippen molar-refractivity contribution in [1.82, 2.24) is 10.2 Å². The van der Waals surface area contributed by atoms with E-state index in [4.69, 9.17) is 12.2 Å². The van der Waals surface area contributed by atoms with Crippen LogP contribution in [0.1, 0.15) is 19.5 Å². The van der Waals surface area contributed by atoms with Crippen LogP contribution in [0.15, 0.2) is 30.3 Å². The predicted molar refractivity (Wildman–Crippen MR) is 91.0 cm³/mol. The molecule has 2 heterocycles. The van der Waals surface area contributed by atoms with Crippen molar-refractivity contribution < 1.29 is 0 Å². The summed E-state index contributed by atoms with van der Waals surface area (Å²) in [7, 11) is 3.86. The van der Waals surface area contributed by atoms with Crippen LogP contribution in [-0.2, 0) is 5.41 Å². The molecule has 1 aromatic carbocycles. The number of para-hydroxylation sites is 1. The van der Waals surface area contributed by atoms with Gasteiger partial charge in [-0.25, -0.2) is 0 Å². The lowest BCUT2D eigenvalue weighted by molar-refractivity contribution is 0.675. The summed E-state index contributed by atoms with van der Waals surface area (Å²) < 4.78 is 0. The van der Waals surface area contributed by atoms with Crippen LogP contribution >= 0.6 is 12.2 Å². The molecule has 0 saturated carbocycles. The Morgan fingerprint density at radius 1 is 1.14 bits per heavy atom. The van der Waals surface area contributed by atoms with Crippen LogP contribution in [0.2, 0.25) is 0 Å². The molecule has 5 heteroatoms. The maximum atomic E-state index is 5.71. The van der Waals surface area contributed by atoms with E-state index in [9.17, 15) is 0 Å². The second-order valence-electron chi connectivity index (χ2n) is 5.75. The fraction of sp³-hybridized carbons (Fsp3) is 0.312. The lowest BCUT2D eigenvalue weighted by Gasteiger charge is -2.29. The van der Waals surface area contributed by atoms with Crippen molar-refractivity contribution >= 4 is 28.7 Å². The van der Waals surface area contributed by atoms with Gasteiger partial charge in [0.05, 0.1) is 16.1 Å². The second-order valence-corrected chi connectivity index (χ2v) is 6.13. The van der Waals surface area contributed by atoms with Gasteiger partial charge in [-0.1, -0.05) is 30.4 Å². The van der Waals surface area contributed by atoms with Crippen molar-refractivity contribution in [3.63, 3.8) is 0 Å². The minimum atomic E-state index is -0.349. The van der Waals surface area contributed by atoms with E-state index in [2.05, 4.69) is 46.4 Å². The van der Waals surface area contributed by atoms with Crippen molar-refractivity contribution in [2.45, 2.75) is 19.3 Å². The maximum absolute atomic E-state index is 5.71. The fourth-order valence-corrected chi connectivity index (χ4v) is 3.00. The molecule has 0 unspecified atom stereocenters. The quantitative estimate of drug-likeness (QED) is 0.819. The highest BCUT2D eigenvalue weighted by molar-refractivity contribution is 7.80. The first-order valence-electron chi connectivity index (χ1n) is 6.90. The largest absolute Gasteiger partial charge is 0.372 e. The minimum absolute atomic E-state index is 0.349. The average Bonchev–Trinajstić information content (AvgIpc) is 2.57. The van der Waals surface area contributed by atoms with Crippen molar-refractivity contribution in [3.8, 4) is 11.1 Å². The van der Waals surface area contributed by atoms with E-state index in [-0.39, 0.29) is 5.41 Å². The third-order valence-electron chi connectivity index (χ3n) is 4.04. The SMILES string of the molecule is CNc1cc2c(nn1)C(C)(C)C(=S)N(C)c1ccccc1-2. The number of likely N-dealkylation sites (N-methyl/N-ethyl adjacent to an activating group) is 1. The minimum Gasteiger partial charge on any atom is -0.372 e. The number of hydrogen-bond donors (Lipinski definition) is 1. The van der Waals surface area contributed by atoms with Crippen LogP contribution in [0.25, 0.3) is 11.1 Å². The van der Waals surface area contributed by atoms with Crippen molar-refractivity contribution in [1.29, 1.82) is 0 Å². The summed E-state index contributed by atoms with van der Waals surface area (Å²) in [5, 5.41) is 11.8. The highest BCUT2D eigenvalue weighted by Crippen LogP contribution is 2.42. The molecule has 0 atom stereocenters. The zero-order chi connectivity index (χ0) is 15.2. The van der Waals surface area contributed by atoms with Crippen LogP contribution in [0.4, 0.5) is 11.5 Å². The molecule has 21 heavy (non-hydrogen) atoms. The van der Waals surface area contributed by atoms with E-state index >= 15 is 0 Å². The summed E-state index contributed by atoms with van der Waals surface area (Å²) >= 11 is 5.71. The van der Waals surface area contributed by atoms with Gasteiger partial charge in [-0.3, -0.25) is 0 Å². The number of hydrogen-bond acceptors (Lipinski definition) is 4. The Morgan fingerprint density at radius 3 is 2.57 bits per heavy atom. The van der Waals surface area contributed by atoms with Crippen LogP contribution in [-0.4, -0.2) is 29.3 Å². The van der Waals surface area contributed by atoms with Gasteiger partial charge in [0.15, 0.2) is 0 Å². The number of thiocarbonyl (C=S) groups is 1. The Bertz CT molecular complexity index is 724. The van der Waals surface area contributed by atoms with E-state index in [0.29, 0.717) is 0 Å². The summed E-state index contributed by atoms with van der Waals surface area (Å²) in [5.74, 6) is 0.759. The van der Waals surface area contributed by atoms with E-state index < -0.39 is 0 Å². The van der Waals surface area contributed by atoms with Crippen molar-refractivity contribution in [2.75, 3.05) is 24.3 Å². The Morgan fingerprint density at radius 2 is 1.86 bits per heavy atom.